The molecule has 0 heterocycles. The third kappa shape index (κ3) is 3.01. The molecule has 3 nitrogen and oxygen atoms in total. The Hall–Kier alpha value is -0.960. The van der Waals surface area contributed by atoms with Crippen LogP contribution in [0.4, 0.5) is 0 Å². The van der Waals surface area contributed by atoms with E-state index in [-0.39, 0.29) is 23.4 Å². The van der Waals surface area contributed by atoms with Gasteiger partial charge in [0.25, 0.3) is 0 Å². The third-order valence-corrected chi connectivity index (χ3v) is 3.26. The van der Waals surface area contributed by atoms with Crippen LogP contribution < -0.4 is 0 Å². The molecule has 0 bridgehead atoms. The Labute approximate surface area is 96.5 Å². The van der Waals surface area contributed by atoms with Crippen molar-refractivity contribution in [1.82, 2.24) is 0 Å². The van der Waals surface area contributed by atoms with Gasteiger partial charge >= 0.3 is 0 Å². The maximum Gasteiger partial charge on any atom is 0.161 e. The number of aliphatic hydroxyl groups excluding tert-OH is 1. The third-order valence-electron chi connectivity index (χ3n) is 3.26. The summed E-state index contributed by atoms with van der Waals surface area (Å²) in [6.07, 6.45) is 5.13. The molecule has 0 aromatic carbocycles. The molecule has 1 aliphatic carbocycles. The van der Waals surface area contributed by atoms with Crippen LogP contribution in [0.5, 0.6) is 0 Å². The average molecular weight is 224 g/mol. The van der Waals surface area contributed by atoms with Crippen molar-refractivity contribution in [3.63, 3.8) is 0 Å². The van der Waals surface area contributed by atoms with Gasteiger partial charge in [-0.3, -0.25) is 9.59 Å². The topological polar surface area (TPSA) is 54.4 Å². The molecule has 1 rings (SSSR count). The highest BCUT2D eigenvalue weighted by molar-refractivity contribution is 5.96. The van der Waals surface area contributed by atoms with Crippen LogP contribution in [0.2, 0.25) is 0 Å². The van der Waals surface area contributed by atoms with Crippen molar-refractivity contribution >= 4 is 11.6 Å². The van der Waals surface area contributed by atoms with E-state index in [4.69, 9.17) is 5.11 Å². The Morgan fingerprint density at radius 2 is 2.06 bits per heavy atom. The van der Waals surface area contributed by atoms with Crippen LogP contribution in [0.1, 0.15) is 40.0 Å². The van der Waals surface area contributed by atoms with Crippen molar-refractivity contribution in [3.8, 4) is 0 Å². The predicted molar refractivity (Wildman–Crippen MR) is 62.0 cm³/mol. The van der Waals surface area contributed by atoms with E-state index in [9.17, 15) is 9.59 Å². The molecule has 0 radical (unpaired) electrons. The number of hydrogen-bond acceptors (Lipinski definition) is 3. The number of carbonyl (C=O) groups is 2. The van der Waals surface area contributed by atoms with Gasteiger partial charge in [-0.05, 0) is 24.3 Å². The first-order valence-corrected chi connectivity index (χ1v) is 5.65. The highest BCUT2D eigenvalue weighted by Gasteiger charge is 2.39. The smallest absolute Gasteiger partial charge is 0.161 e. The Balaban J connectivity index is 2.73. The summed E-state index contributed by atoms with van der Waals surface area (Å²) in [7, 11) is 0. The van der Waals surface area contributed by atoms with E-state index in [1.165, 1.54) is 0 Å². The maximum absolute atomic E-state index is 11.8. The Bertz CT molecular complexity index is 328. The normalized spacial score (nSPS) is 28.1. The molecule has 0 fully saturated rings. The fourth-order valence-electron chi connectivity index (χ4n) is 2.36. The van der Waals surface area contributed by atoms with Crippen LogP contribution in [-0.2, 0) is 9.59 Å². The monoisotopic (exact) mass is 224 g/mol. The standard InChI is InChI=1S/C13H20O3/c1-12(2)6-5-11(16)13(3,9-12)7-4-10(15)8-14/h5-6,14H,4,7-9H2,1-3H3/t13-/m0/s1. The van der Waals surface area contributed by atoms with E-state index in [1.807, 2.05) is 13.0 Å². The molecule has 0 spiro atoms. The van der Waals surface area contributed by atoms with Gasteiger partial charge in [-0.1, -0.05) is 26.8 Å². The van der Waals surface area contributed by atoms with E-state index in [1.54, 1.807) is 6.08 Å². The van der Waals surface area contributed by atoms with Gasteiger partial charge in [0.2, 0.25) is 0 Å². The lowest BCUT2D eigenvalue weighted by atomic mass is 9.65. The second-order valence-corrected chi connectivity index (χ2v) is 5.62. The van der Waals surface area contributed by atoms with Crippen molar-refractivity contribution in [2.24, 2.45) is 10.8 Å². The molecule has 0 amide bonds. The first-order chi connectivity index (χ1) is 7.29. The zero-order valence-corrected chi connectivity index (χ0v) is 10.2. The van der Waals surface area contributed by atoms with Gasteiger partial charge in [-0.2, -0.15) is 0 Å². The largest absolute Gasteiger partial charge is 0.389 e. The minimum absolute atomic E-state index is 0.00488. The number of allylic oxidation sites excluding steroid dienone is 2. The molecule has 1 aliphatic rings. The van der Waals surface area contributed by atoms with Crippen molar-refractivity contribution < 1.29 is 14.7 Å². The highest BCUT2D eigenvalue weighted by Crippen LogP contribution is 2.42. The van der Waals surface area contributed by atoms with E-state index in [0.717, 1.165) is 6.42 Å². The molecule has 0 aromatic heterocycles. The van der Waals surface area contributed by atoms with Crippen LogP contribution in [-0.4, -0.2) is 23.3 Å². The fourth-order valence-corrected chi connectivity index (χ4v) is 2.36. The molecule has 3 heteroatoms. The molecule has 0 aromatic rings. The van der Waals surface area contributed by atoms with Gasteiger partial charge in [0.05, 0.1) is 0 Å². The van der Waals surface area contributed by atoms with Crippen molar-refractivity contribution in [3.05, 3.63) is 12.2 Å². The van der Waals surface area contributed by atoms with Gasteiger partial charge < -0.3 is 5.11 Å². The van der Waals surface area contributed by atoms with Crippen LogP contribution in [0.15, 0.2) is 12.2 Å². The number of Topliss-reactive ketones (excluding diaryl/α,β-unsaturated/α-hetero) is 1. The van der Waals surface area contributed by atoms with Gasteiger partial charge in [-0.15, -0.1) is 0 Å². The molecular weight excluding hydrogens is 204 g/mol. The Kier molecular flexibility index (Phi) is 3.68. The second kappa shape index (κ2) is 4.50. The first kappa shape index (κ1) is 13.1. The van der Waals surface area contributed by atoms with Crippen molar-refractivity contribution in [2.45, 2.75) is 40.0 Å². The summed E-state index contributed by atoms with van der Waals surface area (Å²) in [5, 5.41) is 8.67. The van der Waals surface area contributed by atoms with Crippen LogP contribution in [0.3, 0.4) is 0 Å². The van der Waals surface area contributed by atoms with E-state index < -0.39 is 12.0 Å². The van der Waals surface area contributed by atoms with E-state index >= 15 is 0 Å². The molecule has 0 unspecified atom stereocenters. The second-order valence-electron chi connectivity index (χ2n) is 5.62. The zero-order chi connectivity index (χ0) is 12.4. The highest BCUT2D eigenvalue weighted by atomic mass is 16.3. The number of hydrogen-bond donors (Lipinski definition) is 1. The lowest BCUT2D eigenvalue weighted by Gasteiger charge is -2.37. The summed E-state index contributed by atoms with van der Waals surface area (Å²) in [6, 6.07) is 0. The minimum atomic E-state index is -0.455. The summed E-state index contributed by atoms with van der Waals surface area (Å²) in [6.45, 7) is 5.65. The maximum atomic E-state index is 11.8. The number of rotatable bonds is 4. The summed E-state index contributed by atoms with van der Waals surface area (Å²) >= 11 is 0. The van der Waals surface area contributed by atoms with Gasteiger partial charge in [-0.25, -0.2) is 0 Å². The Morgan fingerprint density at radius 1 is 1.44 bits per heavy atom. The minimum Gasteiger partial charge on any atom is -0.389 e. The molecular formula is C13H20O3. The number of ketones is 2. The van der Waals surface area contributed by atoms with Crippen molar-refractivity contribution in [2.75, 3.05) is 6.61 Å². The summed E-state index contributed by atoms with van der Waals surface area (Å²) in [5.74, 6) is -0.0982. The molecule has 16 heavy (non-hydrogen) atoms. The molecule has 0 saturated carbocycles. The lowest BCUT2D eigenvalue weighted by molar-refractivity contribution is -0.127. The van der Waals surface area contributed by atoms with Crippen LogP contribution >= 0.6 is 0 Å². The molecule has 0 saturated heterocycles. The predicted octanol–water partition coefficient (Wildman–Crippen LogP) is 1.89. The Morgan fingerprint density at radius 3 is 2.62 bits per heavy atom. The molecule has 0 aliphatic heterocycles. The van der Waals surface area contributed by atoms with Gasteiger partial charge in [0.1, 0.15) is 6.61 Å². The van der Waals surface area contributed by atoms with E-state index in [0.29, 0.717) is 6.42 Å². The molecule has 1 atom stereocenters. The SMILES string of the molecule is CC1(C)C=CC(=O)[C@@](C)(CCC(=O)CO)C1. The number of carbonyl (C=O) groups excluding carboxylic acids is 2. The van der Waals surface area contributed by atoms with Crippen molar-refractivity contribution in [1.29, 1.82) is 0 Å². The van der Waals surface area contributed by atoms with E-state index in [2.05, 4.69) is 13.8 Å². The molecule has 90 valence electrons. The lowest BCUT2D eigenvalue weighted by Crippen LogP contribution is -2.36. The fraction of sp³-hybridized carbons (Fsp3) is 0.692. The van der Waals surface area contributed by atoms with Gasteiger partial charge in [0.15, 0.2) is 11.6 Å². The summed E-state index contributed by atoms with van der Waals surface area (Å²) in [5.41, 5.74) is -0.450. The quantitative estimate of drug-likeness (QED) is 0.793. The average Bonchev–Trinajstić information content (AvgIpc) is 2.20. The summed E-state index contributed by atoms with van der Waals surface area (Å²) in [4.78, 5) is 22.9. The number of aliphatic hydroxyl groups is 1. The summed E-state index contributed by atoms with van der Waals surface area (Å²) < 4.78 is 0. The first-order valence-electron chi connectivity index (χ1n) is 5.65. The zero-order valence-electron chi connectivity index (χ0n) is 10.2. The van der Waals surface area contributed by atoms with Crippen LogP contribution in [0, 0.1) is 10.8 Å². The van der Waals surface area contributed by atoms with Gasteiger partial charge in [0, 0.05) is 11.8 Å². The molecule has 1 N–H and O–H groups in total. The van der Waals surface area contributed by atoms with Crippen LogP contribution in [0.25, 0.3) is 0 Å².